The summed E-state index contributed by atoms with van der Waals surface area (Å²) in [7, 11) is 0. The van der Waals surface area contributed by atoms with Crippen molar-refractivity contribution in [1.29, 1.82) is 0 Å². The van der Waals surface area contributed by atoms with Crippen LogP contribution in [0.1, 0.15) is 35.2 Å². The number of nitro groups is 1. The Hall–Kier alpha value is -1.95. The van der Waals surface area contributed by atoms with Gasteiger partial charge in [-0.3, -0.25) is 14.9 Å². The average molecular weight is 266 g/mol. The number of benzene rings is 1. The Labute approximate surface area is 111 Å². The van der Waals surface area contributed by atoms with Crippen LogP contribution in [0, 0.1) is 17.0 Å². The van der Waals surface area contributed by atoms with Gasteiger partial charge in [-0.1, -0.05) is 6.07 Å². The Balaban J connectivity index is 2.57. The van der Waals surface area contributed by atoms with Crippen molar-refractivity contribution in [2.45, 2.75) is 26.2 Å². The molecule has 0 fully saturated rings. The van der Waals surface area contributed by atoms with Gasteiger partial charge in [-0.15, -0.1) is 0 Å². The summed E-state index contributed by atoms with van der Waals surface area (Å²) in [5.74, 6) is -0.313. The molecule has 0 saturated heterocycles. The zero-order chi connectivity index (χ0) is 14.3. The lowest BCUT2D eigenvalue weighted by molar-refractivity contribution is -0.385. The van der Waals surface area contributed by atoms with Crippen LogP contribution in [0.25, 0.3) is 0 Å². The highest BCUT2D eigenvalue weighted by atomic mass is 16.6. The topological polar surface area (TPSA) is 92.5 Å². The van der Waals surface area contributed by atoms with Crippen molar-refractivity contribution in [3.8, 4) is 0 Å². The van der Waals surface area contributed by atoms with E-state index >= 15 is 0 Å². The number of nitrogens with zero attached hydrogens (tertiary/aromatic N) is 1. The zero-order valence-corrected chi connectivity index (χ0v) is 10.9. The van der Waals surface area contributed by atoms with Gasteiger partial charge in [0.05, 0.1) is 4.92 Å². The summed E-state index contributed by atoms with van der Waals surface area (Å²) in [6, 6.07) is 4.43. The predicted octanol–water partition coefficient (Wildman–Crippen LogP) is 1.80. The van der Waals surface area contributed by atoms with Crippen LogP contribution in [0.3, 0.4) is 0 Å². The smallest absolute Gasteiger partial charge is 0.273 e. The molecule has 0 unspecified atom stereocenters. The lowest BCUT2D eigenvalue weighted by Gasteiger charge is -2.05. The van der Waals surface area contributed by atoms with Crippen molar-refractivity contribution in [1.82, 2.24) is 5.32 Å². The van der Waals surface area contributed by atoms with E-state index in [9.17, 15) is 14.9 Å². The molecule has 1 amide bonds. The van der Waals surface area contributed by atoms with Crippen molar-refractivity contribution in [2.75, 3.05) is 13.2 Å². The van der Waals surface area contributed by atoms with Gasteiger partial charge in [0, 0.05) is 30.3 Å². The molecule has 0 aromatic heterocycles. The Morgan fingerprint density at radius 2 is 2.11 bits per heavy atom. The molecular formula is C13H18N2O4. The van der Waals surface area contributed by atoms with E-state index in [2.05, 4.69) is 5.32 Å². The fraction of sp³-hybridized carbons (Fsp3) is 0.462. The second kappa shape index (κ2) is 7.48. The fourth-order valence-electron chi connectivity index (χ4n) is 1.66. The number of amides is 1. The highest BCUT2D eigenvalue weighted by Crippen LogP contribution is 2.19. The first kappa shape index (κ1) is 15.1. The first-order valence-electron chi connectivity index (χ1n) is 6.20. The van der Waals surface area contributed by atoms with Crippen LogP contribution in [0.2, 0.25) is 0 Å². The Morgan fingerprint density at radius 1 is 1.37 bits per heavy atom. The highest BCUT2D eigenvalue weighted by molar-refractivity contribution is 5.94. The molecule has 0 bridgehead atoms. The van der Waals surface area contributed by atoms with E-state index in [-0.39, 0.29) is 18.2 Å². The maximum absolute atomic E-state index is 11.8. The largest absolute Gasteiger partial charge is 0.396 e. The van der Waals surface area contributed by atoms with Crippen molar-refractivity contribution >= 4 is 11.6 Å². The number of carbonyl (C=O) groups is 1. The molecule has 6 heteroatoms. The van der Waals surface area contributed by atoms with Crippen molar-refractivity contribution in [3.63, 3.8) is 0 Å². The van der Waals surface area contributed by atoms with Crippen LogP contribution < -0.4 is 5.32 Å². The lowest BCUT2D eigenvalue weighted by Crippen LogP contribution is -2.24. The number of nitro benzene ring substituents is 1. The number of nitrogens with one attached hydrogen (secondary N) is 1. The second-order valence-electron chi connectivity index (χ2n) is 4.30. The molecule has 1 rings (SSSR count). The van der Waals surface area contributed by atoms with E-state index in [0.29, 0.717) is 24.1 Å². The molecule has 1 aromatic rings. The van der Waals surface area contributed by atoms with Gasteiger partial charge in [0.1, 0.15) is 0 Å². The van der Waals surface area contributed by atoms with E-state index in [1.807, 2.05) is 0 Å². The number of unbranched alkanes of at least 4 members (excludes halogenated alkanes) is 2. The van der Waals surface area contributed by atoms with Gasteiger partial charge < -0.3 is 10.4 Å². The van der Waals surface area contributed by atoms with E-state index in [1.165, 1.54) is 6.07 Å². The lowest BCUT2D eigenvalue weighted by atomic mass is 10.1. The summed E-state index contributed by atoms with van der Waals surface area (Å²) >= 11 is 0. The number of aliphatic hydroxyl groups excluding tert-OH is 1. The maximum atomic E-state index is 11.8. The summed E-state index contributed by atoms with van der Waals surface area (Å²) in [5.41, 5.74) is 0.775. The van der Waals surface area contributed by atoms with E-state index in [0.717, 1.165) is 12.8 Å². The molecule has 1 aromatic carbocycles. The van der Waals surface area contributed by atoms with Gasteiger partial charge in [-0.2, -0.15) is 0 Å². The highest BCUT2D eigenvalue weighted by Gasteiger charge is 2.14. The molecule has 0 spiro atoms. The fourth-order valence-corrected chi connectivity index (χ4v) is 1.66. The van der Waals surface area contributed by atoms with Crippen molar-refractivity contribution < 1.29 is 14.8 Å². The number of carbonyl (C=O) groups excluding carboxylic acids is 1. The first-order valence-corrected chi connectivity index (χ1v) is 6.20. The molecule has 0 atom stereocenters. The summed E-state index contributed by atoms with van der Waals surface area (Å²) in [6.07, 6.45) is 2.33. The van der Waals surface area contributed by atoms with Crippen LogP contribution in [0.4, 0.5) is 5.69 Å². The van der Waals surface area contributed by atoms with E-state index in [4.69, 9.17) is 5.11 Å². The Morgan fingerprint density at radius 3 is 2.74 bits per heavy atom. The molecule has 104 valence electrons. The molecule has 0 aliphatic rings. The number of hydrogen-bond acceptors (Lipinski definition) is 4. The van der Waals surface area contributed by atoms with Crippen molar-refractivity contribution in [3.05, 3.63) is 39.4 Å². The molecule has 6 nitrogen and oxygen atoms in total. The molecule has 0 radical (unpaired) electrons. The normalized spacial score (nSPS) is 10.2. The van der Waals surface area contributed by atoms with Gasteiger partial charge in [0.15, 0.2) is 0 Å². The quantitative estimate of drug-likeness (QED) is 0.447. The van der Waals surface area contributed by atoms with Gasteiger partial charge >= 0.3 is 0 Å². The second-order valence-corrected chi connectivity index (χ2v) is 4.30. The van der Waals surface area contributed by atoms with Gasteiger partial charge in [0.25, 0.3) is 11.6 Å². The standard InChI is InChI=1S/C13H18N2O4/c1-10-5-6-11(9-12(10)15(18)19)13(17)14-7-3-2-4-8-16/h5-6,9,16H,2-4,7-8H2,1H3,(H,14,17). The van der Waals surface area contributed by atoms with Crippen LogP contribution in [-0.4, -0.2) is 29.1 Å². The third-order valence-electron chi connectivity index (χ3n) is 2.79. The van der Waals surface area contributed by atoms with Crippen molar-refractivity contribution in [2.24, 2.45) is 0 Å². The SMILES string of the molecule is Cc1ccc(C(=O)NCCCCCO)cc1[N+](=O)[O-]. The minimum atomic E-state index is -0.493. The summed E-state index contributed by atoms with van der Waals surface area (Å²) < 4.78 is 0. The third kappa shape index (κ3) is 4.67. The van der Waals surface area contributed by atoms with Crippen LogP contribution in [0.15, 0.2) is 18.2 Å². The maximum Gasteiger partial charge on any atom is 0.273 e. The number of aryl methyl sites for hydroxylation is 1. The van der Waals surface area contributed by atoms with Crippen LogP contribution in [0.5, 0.6) is 0 Å². The molecule has 0 saturated carbocycles. The number of rotatable bonds is 7. The third-order valence-corrected chi connectivity index (χ3v) is 2.79. The molecule has 0 aliphatic heterocycles. The molecule has 19 heavy (non-hydrogen) atoms. The molecule has 0 heterocycles. The summed E-state index contributed by atoms with van der Waals surface area (Å²) in [4.78, 5) is 22.1. The van der Waals surface area contributed by atoms with Gasteiger partial charge in [0.2, 0.25) is 0 Å². The van der Waals surface area contributed by atoms with Gasteiger partial charge in [-0.05, 0) is 32.3 Å². The van der Waals surface area contributed by atoms with E-state index < -0.39 is 4.92 Å². The minimum absolute atomic E-state index is 0.0482. The molecular weight excluding hydrogens is 248 g/mol. The predicted molar refractivity (Wildman–Crippen MR) is 71.1 cm³/mol. The van der Waals surface area contributed by atoms with Gasteiger partial charge in [-0.25, -0.2) is 0 Å². The summed E-state index contributed by atoms with van der Waals surface area (Å²) in [6.45, 7) is 2.29. The zero-order valence-electron chi connectivity index (χ0n) is 10.9. The number of hydrogen-bond donors (Lipinski definition) is 2. The van der Waals surface area contributed by atoms with Crippen LogP contribution >= 0.6 is 0 Å². The van der Waals surface area contributed by atoms with Crippen LogP contribution in [-0.2, 0) is 0 Å². The monoisotopic (exact) mass is 266 g/mol. The molecule has 0 aliphatic carbocycles. The number of aliphatic hydroxyl groups is 1. The van der Waals surface area contributed by atoms with E-state index in [1.54, 1.807) is 19.1 Å². The molecule has 2 N–H and O–H groups in total. The average Bonchev–Trinajstić information content (AvgIpc) is 2.38. The Bertz CT molecular complexity index is 460. The summed E-state index contributed by atoms with van der Waals surface area (Å²) in [5, 5.41) is 22.1. The minimum Gasteiger partial charge on any atom is -0.396 e. The first-order chi connectivity index (χ1) is 9.06. The Kier molecular flexibility index (Phi) is 5.95.